The summed E-state index contributed by atoms with van der Waals surface area (Å²) in [6, 6.07) is 10.2. The third kappa shape index (κ3) is 4.99. The number of aryl methyl sites for hydroxylation is 2. The molecule has 1 aromatic carbocycles. The van der Waals surface area contributed by atoms with Crippen LogP contribution in [0.3, 0.4) is 0 Å². The number of likely N-dealkylation sites (N-methyl/N-ethyl adjacent to an activating group) is 1. The maximum absolute atomic E-state index is 10.4. The number of likely N-dealkylation sites (tertiary alicyclic amines) is 1. The molecular weight excluding hydrogens is 388 g/mol. The van der Waals surface area contributed by atoms with Gasteiger partial charge in [-0.25, -0.2) is 4.98 Å². The number of fused-ring (bicyclic) bond motifs is 1. The van der Waals surface area contributed by atoms with Crippen molar-refractivity contribution in [3.05, 3.63) is 47.3 Å². The van der Waals surface area contributed by atoms with Crippen LogP contribution in [-0.2, 0) is 6.54 Å². The summed E-state index contributed by atoms with van der Waals surface area (Å²) in [5.41, 5.74) is 4.78. The first kappa shape index (κ1) is 21.6. The average Bonchev–Trinajstić information content (AvgIpc) is 3.11. The Bertz CT molecular complexity index is 1020. The summed E-state index contributed by atoms with van der Waals surface area (Å²) < 4.78 is 2.15. The lowest BCUT2D eigenvalue weighted by atomic mass is 10.1. The second-order valence-electron chi connectivity index (χ2n) is 8.50. The quantitative estimate of drug-likeness (QED) is 0.484. The van der Waals surface area contributed by atoms with E-state index in [1.54, 1.807) is 6.07 Å². The molecule has 3 N–H and O–H groups in total. The summed E-state index contributed by atoms with van der Waals surface area (Å²) in [6.45, 7) is 12.1. The normalized spacial score (nSPS) is 15.6. The minimum atomic E-state index is 0.222. The van der Waals surface area contributed by atoms with Crippen molar-refractivity contribution < 1.29 is 5.11 Å². The molecule has 4 rings (SSSR count). The second-order valence-corrected chi connectivity index (χ2v) is 8.50. The van der Waals surface area contributed by atoms with Gasteiger partial charge in [-0.1, -0.05) is 19.1 Å². The van der Waals surface area contributed by atoms with Crippen LogP contribution in [0.2, 0.25) is 0 Å². The number of anilines is 1. The minimum absolute atomic E-state index is 0.222. The van der Waals surface area contributed by atoms with Crippen LogP contribution in [0, 0.1) is 13.8 Å². The summed E-state index contributed by atoms with van der Waals surface area (Å²) in [6.07, 6.45) is 2.20. The molecule has 2 aromatic heterocycles. The number of nitrogens with zero attached hydrogens (tertiary/aromatic N) is 4. The Labute approximate surface area is 184 Å². The molecule has 31 heavy (non-hydrogen) atoms. The van der Waals surface area contributed by atoms with Crippen LogP contribution in [-0.4, -0.2) is 63.3 Å². The standard InChI is InChI=1S/C24H34N6O/c1-4-25-12-15-29-13-10-19(11-14-29)27-24-28-23-17(2)6-5-7-21(23)30(24)16-20-22(31)9-8-18(3)26-20/h5-9,19,25,31H,4,10-16H2,1-3H3,(H,27,28). The van der Waals surface area contributed by atoms with E-state index in [1.165, 1.54) is 0 Å². The van der Waals surface area contributed by atoms with Gasteiger partial charge in [0.05, 0.1) is 17.6 Å². The molecule has 1 saturated heterocycles. The molecule has 3 aromatic rings. The minimum Gasteiger partial charge on any atom is -0.506 e. The molecule has 0 saturated carbocycles. The van der Waals surface area contributed by atoms with E-state index >= 15 is 0 Å². The number of rotatable bonds is 8. The van der Waals surface area contributed by atoms with Crippen LogP contribution >= 0.6 is 0 Å². The van der Waals surface area contributed by atoms with Crippen LogP contribution in [0.5, 0.6) is 5.75 Å². The zero-order valence-electron chi connectivity index (χ0n) is 18.9. The SMILES string of the molecule is CCNCCN1CCC(Nc2nc3c(C)cccc3n2Cc2nc(C)ccc2O)CC1. The largest absolute Gasteiger partial charge is 0.506 e. The van der Waals surface area contributed by atoms with Gasteiger partial charge in [-0.3, -0.25) is 4.98 Å². The van der Waals surface area contributed by atoms with E-state index in [-0.39, 0.29) is 5.75 Å². The molecule has 0 atom stereocenters. The van der Waals surface area contributed by atoms with Gasteiger partial charge in [0, 0.05) is 37.9 Å². The Balaban J connectivity index is 1.54. The third-order valence-electron chi connectivity index (χ3n) is 6.15. The van der Waals surface area contributed by atoms with Crippen molar-refractivity contribution in [3.63, 3.8) is 0 Å². The number of pyridine rings is 1. The Morgan fingerprint density at radius 3 is 2.68 bits per heavy atom. The molecule has 0 radical (unpaired) electrons. The van der Waals surface area contributed by atoms with Crippen molar-refractivity contribution in [3.8, 4) is 5.75 Å². The molecule has 0 bridgehead atoms. The monoisotopic (exact) mass is 422 g/mol. The van der Waals surface area contributed by atoms with Crippen LogP contribution in [0.1, 0.15) is 36.7 Å². The lowest BCUT2D eigenvalue weighted by molar-refractivity contribution is 0.219. The Hall–Kier alpha value is -2.64. The lowest BCUT2D eigenvalue weighted by Gasteiger charge is -2.32. The summed E-state index contributed by atoms with van der Waals surface area (Å²) in [5.74, 6) is 1.08. The number of benzene rings is 1. The molecule has 3 heterocycles. The van der Waals surface area contributed by atoms with Gasteiger partial charge in [0.2, 0.25) is 5.95 Å². The number of hydrogen-bond donors (Lipinski definition) is 3. The molecular formula is C24H34N6O. The fourth-order valence-corrected chi connectivity index (χ4v) is 4.32. The highest BCUT2D eigenvalue weighted by atomic mass is 16.3. The Morgan fingerprint density at radius 1 is 1.10 bits per heavy atom. The fraction of sp³-hybridized carbons (Fsp3) is 0.500. The first-order valence-corrected chi connectivity index (χ1v) is 11.4. The van der Waals surface area contributed by atoms with Crippen molar-refractivity contribution >= 4 is 17.0 Å². The van der Waals surface area contributed by atoms with Crippen LogP contribution in [0.15, 0.2) is 30.3 Å². The van der Waals surface area contributed by atoms with Crippen LogP contribution in [0.4, 0.5) is 5.95 Å². The third-order valence-corrected chi connectivity index (χ3v) is 6.15. The summed E-state index contributed by atoms with van der Waals surface area (Å²) in [5, 5.41) is 17.5. The molecule has 166 valence electrons. The van der Waals surface area contributed by atoms with Crippen molar-refractivity contribution in [1.29, 1.82) is 0 Å². The van der Waals surface area contributed by atoms with Crippen molar-refractivity contribution in [2.24, 2.45) is 0 Å². The maximum Gasteiger partial charge on any atom is 0.204 e. The number of piperidine rings is 1. The van der Waals surface area contributed by atoms with Gasteiger partial charge in [0.15, 0.2) is 0 Å². The van der Waals surface area contributed by atoms with E-state index in [1.807, 2.05) is 13.0 Å². The zero-order chi connectivity index (χ0) is 21.8. The smallest absolute Gasteiger partial charge is 0.204 e. The first-order valence-electron chi connectivity index (χ1n) is 11.4. The highest BCUT2D eigenvalue weighted by molar-refractivity contribution is 5.82. The van der Waals surface area contributed by atoms with E-state index in [4.69, 9.17) is 4.98 Å². The lowest BCUT2D eigenvalue weighted by Crippen LogP contribution is -2.42. The van der Waals surface area contributed by atoms with Gasteiger partial charge in [-0.05, 0) is 57.0 Å². The molecule has 7 heteroatoms. The van der Waals surface area contributed by atoms with E-state index in [0.717, 1.165) is 73.8 Å². The van der Waals surface area contributed by atoms with Crippen LogP contribution < -0.4 is 10.6 Å². The van der Waals surface area contributed by atoms with Crippen LogP contribution in [0.25, 0.3) is 11.0 Å². The van der Waals surface area contributed by atoms with Crippen molar-refractivity contribution in [2.75, 3.05) is 38.0 Å². The second kappa shape index (κ2) is 9.66. The number of imidazole rings is 1. The van der Waals surface area contributed by atoms with Gasteiger partial charge in [-0.15, -0.1) is 0 Å². The van der Waals surface area contributed by atoms with Gasteiger partial charge in [0.1, 0.15) is 11.4 Å². The highest BCUT2D eigenvalue weighted by Crippen LogP contribution is 2.27. The predicted octanol–water partition coefficient (Wildman–Crippen LogP) is 3.29. The predicted molar refractivity (Wildman–Crippen MR) is 126 cm³/mol. The van der Waals surface area contributed by atoms with Crippen molar-refractivity contribution in [2.45, 2.75) is 46.2 Å². The van der Waals surface area contributed by atoms with Gasteiger partial charge in [0.25, 0.3) is 0 Å². The topological polar surface area (TPSA) is 78.2 Å². The number of para-hydroxylation sites is 1. The molecule has 0 amide bonds. The number of aromatic hydroxyl groups is 1. The molecule has 1 aliphatic rings. The average molecular weight is 423 g/mol. The van der Waals surface area contributed by atoms with E-state index in [9.17, 15) is 5.11 Å². The number of hydrogen-bond acceptors (Lipinski definition) is 6. The van der Waals surface area contributed by atoms with E-state index in [0.29, 0.717) is 18.3 Å². The van der Waals surface area contributed by atoms with Gasteiger partial charge >= 0.3 is 0 Å². The summed E-state index contributed by atoms with van der Waals surface area (Å²) >= 11 is 0. The van der Waals surface area contributed by atoms with Crippen molar-refractivity contribution in [1.82, 2.24) is 24.8 Å². The number of nitrogens with one attached hydrogen (secondary N) is 2. The highest BCUT2D eigenvalue weighted by Gasteiger charge is 2.22. The molecule has 0 spiro atoms. The molecule has 7 nitrogen and oxygen atoms in total. The Kier molecular flexibility index (Phi) is 6.73. The maximum atomic E-state index is 10.4. The van der Waals surface area contributed by atoms with E-state index in [2.05, 4.69) is 57.1 Å². The van der Waals surface area contributed by atoms with Gasteiger partial charge < -0.3 is 25.2 Å². The zero-order valence-corrected chi connectivity index (χ0v) is 18.9. The molecule has 0 aliphatic carbocycles. The Morgan fingerprint density at radius 2 is 1.90 bits per heavy atom. The number of aromatic nitrogens is 3. The van der Waals surface area contributed by atoms with Gasteiger partial charge in [-0.2, -0.15) is 0 Å². The fourth-order valence-electron chi connectivity index (χ4n) is 4.32. The molecule has 0 unspecified atom stereocenters. The molecule has 1 fully saturated rings. The van der Waals surface area contributed by atoms with E-state index < -0.39 is 0 Å². The summed E-state index contributed by atoms with van der Waals surface area (Å²) in [7, 11) is 0. The summed E-state index contributed by atoms with van der Waals surface area (Å²) in [4.78, 5) is 12.1. The first-order chi connectivity index (χ1) is 15.0. The molecule has 1 aliphatic heterocycles.